The molecule has 0 radical (unpaired) electrons. The molecule has 0 saturated carbocycles. The first kappa shape index (κ1) is 12.0. The lowest BCUT2D eigenvalue weighted by molar-refractivity contribution is 0.216. The molecule has 6 heteroatoms. The van der Waals surface area contributed by atoms with E-state index in [4.69, 9.17) is 5.73 Å². The lowest BCUT2D eigenvalue weighted by atomic mass is 10.1. The third kappa shape index (κ3) is 3.26. The fourth-order valence-corrected chi connectivity index (χ4v) is 2.01. The quantitative estimate of drug-likeness (QED) is 0.824. The predicted octanol–water partition coefficient (Wildman–Crippen LogP) is 0.506. The number of hydrogen-bond acceptors (Lipinski definition) is 6. The van der Waals surface area contributed by atoms with E-state index in [-0.39, 0.29) is 0 Å². The summed E-state index contributed by atoms with van der Waals surface area (Å²) in [6, 6.07) is 0. The summed E-state index contributed by atoms with van der Waals surface area (Å²) < 4.78 is 0. The van der Waals surface area contributed by atoms with Gasteiger partial charge in [-0.25, -0.2) is 0 Å². The minimum atomic E-state index is 0.302. The second-order valence-electron chi connectivity index (χ2n) is 4.64. The Kier molecular flexibility index (Phi) is 3.73. The Balaban J connectivity index is 2.09. The van der Waals surface area contributed by atoms with Crippen LogP contribution in [0, 0.1) is 0 Å². The van der Waals surface area contributed by atoms with Crippen molar-refractivity contribution in [3.8, 4) is 0 Å². The Labute approximate surface area is 102 Å². The first-order valence-corrected chi connectivity index (χ1v) is 6.05. The molecule has 1 aliphatic rings. The van der Waals surface area contributed by atoms with Gasteiger partial charge in [-0.2, -0.15) is 15.0 Å². The highest BCUT2D eigenvalue weighted by molar-refractivity contribution is 5.32. The van der Waals surface area contributed by atoms with Gasteiger partial charge in [-0.3, -0.25) is 4.90 Å². The van der Waals surface area contributed by atoms with Crippen molar-refractivity contribution in [3.05, 3.63) is 5.82 Å². The lowest BCUT2D eigenvalue weighted by Gasteiger charge is -2.25. The van der Waals surface area contributed by atoms with Gasteiger partial charge in [0.25, 0.3) is 0 Å². The number of piperidine rings is 1. The van der Waals surface area contributed by atoms with Gasteiger partial charge in [-0.05, 0) is 25.9 Å². The molecule has 1 aromatic heterocycles. The maximum Gasteiger partial charge on any atom is 0.229 e. The van der Waals surface area contributed by atoms with E-state index in [1.165, 1.54) is 19.3 Å². The van der Waals surface area contributed by atoms with Crippen LogP contribution >= 0.6 is 0 Å². The normalized spacial score (nSPS) is 17.1. The molecule has 2 rings (SSSR count). The van der Waals surface area contributed by atoms with E-state index in [1.807, 2.05) is 19.0 Å². The number of likely N-dealkylation sites (tertiary alicyclic amines) is 1. The summed E-state index contributed by atoms with van der Waals surface area (Å²) in [5.74, 6) is 1.70. The Hall–Kier alpha value is -1.43. The van der Waals surface area contributed by atoms with Gasteiger partial charge in [-0.1, -0.05) is 6.42 Å². The van der Waals surface area contributed by atoms with Gasteiger partial charge in [0.2, 0.25) is 11.9 Å². The highest BCUT2D eigenvalue weighted by Crippen LogP contribution is 2.12. The van der Waals surface area contributed by atoms with E-state index >= 15 is 0 Å². The molecule has 0 unspecified atom stereocenters. The summed E-state index contributed by atoms with van der Waals surface area (Å²) in [5, 5.41) is 0. The molecule has 94 valence electrons. The van der Waals surface area contributed by atoms with Crippen LogP contribution in [0.4, 0.5) is 11.9 Å². The SMILES string of the molecule is CN(C)c1nc(N)nc(CN2CCCCC2)n1. The molecule has 0 atom stereocenters. The molecule has 0 aromatic carbocycles. The van der Waals surface area contributed by atoms with Crippen LogP contribution < -0.4 is 10.6 Å². The zero-order valence-corrected chi connectivity index (χ0v) is 10.6. The van der Waals surface area contributed by atoms with Crippen molar-refractivity contribution in [1.29, 1.82) is 0 Å². The largest absolute Gasteiger partial charge is 0.368 e. The lowest BCUT2D eigenvalue weighted by Crippen LogP contribution is -2.30. The Morgan fingerprint density at radius 1 is 1.12 bits per heavy atom. The van der Waals surface area contributed by atoms with Crippen LogP contribution in [0.2, 0.25) is 0 Å². The summed E-state index contributed by atoms with van der Waals surface area (Å²) in [5.41, 5.74) is 5.69. The van der Waals surface area contributed by atoms with Crippen molar-refractivity contribution in [3.63, 3.8) is 0 Å². The van der Waals surface area contributed by atoms with Crippen LogP contribution in [0.5, 0.6) is 0 Å². The van der Waals surface area contributed by atoms with E-state index in [0.717, 1.165) is 25.5 Å². The fraction of sp³-hybridized carbons (Fsp3) is 0.727. The van der Waals surface area contributed by atoms with Crippen LogP contribution in [0.25, 0.3) is 0 Å². The van der Waals surface area contributed by atoms with Gasteiger partial charge in [-0.15, -0.1) is 0 Å². The molecule has 0 amide bonds. The Morgan fingerprint density at radius 2 is 1.82 bits per heavy atom. The van der Waals surface area contributed by atoms with Gasteiger partial charge in [0.15, 0.2) is 0 Å². The van der Waals surface area contributed by atoms with Crippen molar-refractivity contribution in [2.75, 3.05) is 37.8 Å². The number of hydrogen-bond donors (Lipinski definition) is 1. The molecule has 6 nitrogen and oxygen atoms in total. The van der Waals surface area contributed by atoms with Crippen molar-refractivity contribution >= 4 is 11.9 Å². The molecule has 17 heavy (non-hydrogen) atoms. The average Bonchev–Trinajstić information content (AvgIpc) is 2.29. The van der Waals surface area contributed by atoms with Crippen molar-refractivity contribution in [1.82, 2.24) is 19.9 Å². The van der Waals surface area contributed by atoms with Crippen LogP contribution in [-0.4, -0.2) is 47.0 Å². The molecule has 0 spiro atoms. The number of aromatic nitrogens is 3. The van der Waals surface area contributed by atoms with E-state index in [9.17, 15) is 0 Å². The molecule has 1 aliphatic heterocycles. The maximum atomic E-state index is 5.69. The third-order valence-corrected chi connectivity index (χ3v) is 2.90. The Bertz CT molecular complexity index is 372. The standard InChI is InChI=1S/C11H20N6/c1-16(2)11-14-9(13-10(12)15-11)8-17-6-4-3-5-7-17/h3-8H2,1-2H3,(H2,12,13,14,15). The summed E-state index contributed by atoms with van der Waals surface area (Å²) >= 11 is 0. The third-order valence-electron chi connectivity index (χ3n) is 2.90. The summed E-state index contributed by atoms with van der Waals surface area (Å²) in [6.07, 6.45) is 3.86. The van der Waals surface area contributed by atoms with Gasteiger partial charge in [0.1, 0.15) is 5.82 Å². The van der Waals surface area contributed by atoms with E-state index in [1.54, 1.807) is 0 Å². The highest BCUT2D eigenvalue weighted by Gasteiger charge is 2.13. The first-order chi connectivity index (χ1) is 8.15. The molecule has 1 saturated heterocycles. The number of nitrogens with zero attached hydrogens (tertiary/aromatic N) is 5. The van der Waals surface area contributed by atoms with Gasteiger partial charge in [0, 0.05) is 14.1 Å². The van der Waals surface area contributed by atoms with Crippen LogP contribution in [0.1, 0.15) is 25.1 Å². The minimum Gasteiger partial charge on any atom is -0.368 e. The van der Waals surface area contributed by atoms with E-state index in [0.29, 0.717) is 11.9 Å². The predicted molar refractivity (Wildman–Crippen MR) is 67.7 cm³/mol. The number of anilines is 2. The summed E-state index contributed by atoms with van der Waals surface area (Å²) in [7, 11) is 3.80. The smallest absolute Gasteiger partial charge is 0.229 e. The molecule has 2 N–H and O–H groups in total. The van der Waals surface area contributed by atoms with Crippen molar-refractivity contribution in [2.24, 2.45) is 0 Å². The first-order valence-electron chi connectivity index (χ1n) is 6.05. The van der Waals surface area contributed by atoms with Gasteiger partial charge < -0.3 is 10.6 Å². The van der Waals surface area contributed by atoms with E-state index in [2.05, 4.69) is 19.9 Å². The molecule has 0 aliphatic carbocycles. The van der Waals surface area contributed by atoms with Crippen molar-refractivity contribution < 1.29 is 0 Å². The maximum absolute atomic E-state index is 5.69. The van der Waals surface area contributed by atoms with Crippen LogP contribution in [-0.2, 0) is 6.54 Å². The number of rotatable bonds is 3. The number of nitrogens with two attached hydrogens (primary N) is 1. The van der Waals surface area contributed by atoms with Gasteiger partial charge >= 0.3 is 0 Å². The molecule has 2 heterocycles. The average molecular weight is 236 g/mol. The monoisotopic (exact) mass is 236 g/mol. The van der Waals surface area contributed by atoms with E-state index < -0.39 is 0 Å². The second kappa shape index (κ2) is 5.27. The highest BCUT2D eigenvalue weighted by atomic mass is 15.3. The number of nitrogen functional groups attached to an aromatic ring is 1. The minimum absolute atomic E-state index is 0.302. The zero-order valence-electron chi connectivity index (χ0n) is 10.6. The molecule has 1 aromatic rings. The second-order valence-corrected chi connectivity index (χ2v) is 4.64. The zero-order chi connectivity index (χ0) is 12.3. The topological polar surface area (TPSA) is 71.2 Å². The van der Waals surface area contributed by atoms with Gasteiger partial charge in [0.05, 0.1) is 6.54 Å². The van der Waals surface area contributed by atoms with Crippen LogP contribution in [0.15, 0.2) is 0 Å². The fourth-order valence-electron chi connectivity index (χ4n) is 2.01. The molecular weight excluding hydrogens is 216 g/mol. The van der Waals surface area contributed by atoms with Crippen LogP contribution in [0.3, 0.4) is 0 Å². The molecular formula is C11H20N6. The summed E-state index contributed by atoms with van der Waals surface area (Å²) in [6.45, 7) is 3.03. The van der Waals surface area contributed by atoms with Crippen molar-refractivity contribution in [2.45, 2.75) is 25.8 Å². The molecule has 1 fully saturated rings. The Morgan fingerprint density at radius 3 is 2.47 bits per heavy atom. The summed E-state index contributed by atoms with van der Waals surface area (Å²) in [4.78, 5) is 16.9. The molecule has 0 bridgehead atoms.